The van der Waals surface area contributed by atoms with E-state index in [0.717, 1.165) is 12.8 Å². The van der Waals surface area contributed by atoms with Crippen molar-refractivity contribution in [1.29, 1.82) is 0 Å². The molecule has 0 bridgehead atoms. The van der Waals surface area contributed by atoms with Crippen molar-refractivity contribution in [2.75, 3.05) is 25.4 Å². The van der Waals surface area contributed by atoms with Crippen LogP contribution in [-0.4, -0.2) is 49.0 Å². The van der Waals surface area contributed by atoms with E-state index in [0.29, 0.717) is 31.6 Å². The average Bonchev–Trinajstić information content (AvgIpc) is 2.45. The molecule has 0 atom stereocenters. The van der Waals surface area contributed by atoms with Crippen molar-refractivity contribution in [2.24, 2.45) is 0 Å². The highest BCUT2D eigenvalue weighted by Gasteiger charge is 2.24. The van der Waals surface area contributed by atoms with Gasteiger partial charge >= 0.3 is 0 Å². The maximum Gasteiger partial charge on any atom is 0.251 e. The number of nitrogens with one attached hydrogen (secondary N) is 1. The SMILES string of the molecule is O=C(NCCCN1CCCCS1(=O)=O)c1ccncc1. The van der Waals surface area contributed by atoms with Gasteiger partial charge in [-0.1, -0.05) is 0 Å². The maximum absolute atomic E-state index is 11.8. The first-order valence-corrected chi connectivity index (χ1v) is 8.36. The fraction of sp³-hybridized carbons (Fsp3) is 0.538. The monoisotopic (exact) mass is 297 g/mol. The number of sulfonamides is 1. The third kappa shape index (κ3) is 4.01. The number of nitrogens with zero attached hydrogens (tertiary/aromatic N) is 2. The molecular weight excluding hydrogens is 278 g/mol. The van der Waals surface area contributed by atoms with E-state index >= 15 is 0 Å². The van der Waals surface area contributed by atoms with Crippen LogP contribution in [0.15, 0.2) is 24.5 Å². The van der Waals surface area contributed by atoms with Crippen LogP contribution in [0.5, 0.6) is 0 Å². The first kappa shape index (κ1) is 14.9. The van der Waals surface area contributed by atoms with E-state index in [1.807, 2.05) is 0 Å². The molecule has 1 aliphatic rings. The van der Waals surface area contributed by atoms with Gasteiger partial charge < -0.3 is 5.32 Å². The molecule has 1 aliphatic heterocycles. The fourth-order valence-corrected chi connectivity index (χ4v) is 3.80. The predicted octanol–water partition coefficient (Wildman–Crippen LogP) is 0.627. The van der Waals surface area contributed by atoms with Crippen LogP contribution in [0.1, 0.15) is 29.6 Å². The highest BCUT2D eigenvalue weighted by atomic mass is 32.2. The van der Waals surface area contributed by atoms with E-state index in [1.54, 1.807) is 24.5 Å². The Morgan fingerprint density at radius 3 is 2.75 bits per heavy atom. The second-order valence-corrected chi connectivity index (χ2v) is 6.86. The molecule has 1 fully saturated rings. The molecule has 110 valence electrons. The van der Waals surface area contributed by atoms with Crippen LogP contribution >= 0.6 is 0 Å². The summed E-state index contributed by atoms with van der Waals surface area (Å²) in [7, 11) is -3.06. The zero-order chi connectivity index (χ0) is 14.4. The van der Waals surface area contributed by atoms with Crippen molar-refractivity contribution >= 4 is 15.9 Å². The van der Waals surface area contributed by atoms with Gasteiger partial charge in [0.2, 0.25) is 10.0 Å². The molecule has 0 spiro atoms. The van der Waals surface area contributed by atoms with Crippen LogP contribution in [-0.2, 0) is 10.0 Å². The minimum Gasteiger partial charge on any atom is -0.352 e. The van der Waals surface area contributed by atoms with E-state index < -0.39 is 10.0 Å². The smallest absolute Gasteiger partial charge is 0.251 e. The topological polar surface area (TPSA) is 79.4 Å². The van der Waals surface area contributed by atoms with E-state index in [2.05, 4.69) is 10.3 Å². The number of amides is 1. The number of hydrogen-bond acceptors (Lipinski definition) is 4. The summed E-state index contributed by atoms with van der Waals surface area (Å²) >= 11 is 0. The summed E-state index contributed by atoms with van der Waals surface area (Å²) < 4.78 is 25.0. The third-order valence-electron chi connectivity index (χ3n) is 3.27. The van der Waals surface area contributed by atoms with E-state index in [1.165, 1.54) is 4.31 Å². The summed E-state index contributed by atoms with van der Waals surface area (Å²) in [5.41, 5.74) is 0.561. The number of pyridine rings is 1. The van der Waals surface area contributed by atoms with Crippen molar-refractivity contribution in [3.8, 4) is 0 Å². The molecule has 0 aromatic carbocycles. The first-order chi connectivity index (χ1) is 9.59. The largest absolute Gasteiger partial charge is 0.352 e. The van der Waals surface area contributed by atoms with Gasteiger partial charge in [-0.25, -0.2) is 12.7 Å². The Labute approximate surface area is 119 Å². The lowest BCUT2D eigenvalue weighted by Gasteiger charge is -2.26. The van der Waals surface area contributed by atoms with Crippen molar-refractivity contribution < 1.29 is 13.2 Å². The maximum atomic E-state index is 11.8. The molecular formula is C13H19N3O3S. The average molecular weight is 297 g/mol. The normalized spacial score (nSPS) is 18.6. The van der Waals surface area contributed by atoms with Gasteiger partial charge in [-0.2, -0.15) is 0 Å². The summed E-state index contributed by atoms with van der Waals surface area (Å²) in [6.45, 7) is 1.53. The molecule has 0 saturated carbocycles. The lowest BCUT2D eigenvalue weighted by Crippen LogP contribution is -2.39. The minimum absolute atomic E-state index is 0.158. The zero-order valence-electron chi connectivity index (χ0n) is 11.3. The van der Waals surface area contributed by atoms with Gasteiger partial charge in [0, 0.05) is 37.6 Å². The molecule has 1 amide bonds. The van der Waals surface area contributed by atoms with Gasteiger partial charge in [0.15, 0.2) is 0 Å². The van der Waals surface area contributed by atoms with E-state index in [-0.39, 0.29) is 11.7 Å². The second kappa shape index (κ2) is 6.81. The summed E-state index contributed by atoms with van der Waals surface area (Å²) in [5, 5.41) is 2.78. The van der Waals surface area contributed by atoms with Crippen LogP contribution in [0.2, 0.25) is 0 Å². The van der Waals surface area contributed by atoms with Crippen LogP contribution in [0.25, 0.3) is 0 Å². The summed E-state index contributed by atoms with van der Waals surface area (Å²) in [6.07, 6.45) is 5.42. The molecule has 20 heavy (non-hydrogen) atoms. The zero-order valence-corrected chi connectivity index (χ0v) is 12.1. The van der Waals surface area contributed by atoms with Crippen molar-refractivity contribution in [3.63, 3.8) is 0 Å². The van der Waals surface area contributed by atoms with Gasteiger partial charge in [0.25, 0.3) is 5.91 Å². The molecule has 2 heterocycles. The molecule has 1 N–H and O–H groups in total. The van der Waals surface area contributed by atoms with E-state index in [9.17, 15) is 13.2 Å². The molecule has 6 nitrogen and oxygen atoms in total. The molecule has 1 aromatic heterocycles. The highest BCUT2D eigenvalue weighted by Crippen LogP contribution is 2.13. The predicted molar refractivity (Wildman–Crippen MR) is 75.8 cm³/mol. The van der Waals surface area contributed by atoms with Gasteiger partial charge in [-0.3, -0.25) is 9.78 Å². The summed E-state index contributed by atoms with van der Waals surface area (Å²) in [4.78, 5) is 15.6. The van der Waals surface area contributed by atoms with Crippen molar-refractivity contribution in [2.45, 2.75) is 19.3 Å². The van der Waals surface area contributed by atoms with Crippen LogP contribution < -0.4 is 5.32 Å². The molecule has 1 saturated heterocycles. The Hall–Kier alpha value is -1.47. The molecule has 2 rings (SSSR count). The van der Waals surface area contributed by atoms with Gasteiger partial charge in [-0.15, -0.1) is 0 Å². The molecule has 0 unspecified atom stereocenters. The van der Waals surface area contributed by atoms with Gasteiger partial charge in [-0.05, 0) is 31.4 Å². The summed E-state index contributed by atoms with van der Waals surface area (Å²) in [6, 6.07) is 3.29. The van der Waals surface area contributed by atoms with Crippen LogP contribution in [0.3, 0.4) is 0 Å². The van der Waals surface area contributed by atoms with Crippen LogP contribution in [0, 0.1) is 0 Å². The molecule has 1 aromatic rings. The van der Waals surface area contributed by atoms with Crippen molar-refractivity contribution in [1.82, 2.24) is 14.6 Å². The van der Waals surface area contributed by atoms with Crippen LogP contribution in [0.4, 0.5) is 0 Å². The fourth-order valence-electron chi connectivity index (χ4n) is 2.15. The second-order valence-electron chi connectivity index (χ2n) is 4.77. The van der Waals surface area contributed by atoms with Gasteiger partial charge in [0.1, 0.15) is 0 Å². The molecule has 0 aliphatic carbocycles. The highest BCUT2D eigenvalue weighted by molar-refractivity contribution is 7.89. The molecule has 7 heteroatoms. The number of rotatable bonds is 5. The van der Waals surface area contributed by atoms with Crippen molar-refractivity contribution in [3.05, 3.63) is 30.1 Å². The number of hydrogen-bond donors (Lipinski definition) is 1. The number of aromatic nitrogens is 1. The first-order valence-electron chi connectivity index (χ1n) is 6.76. The minimum atomic E-state index is -3.06. The third-order valence-corrected chi connectivity index (χ3v) is 5.22. The Morgan fingerprint density at radius 2 is 2.05 bits per heavy atom. The number of carbonyl (C=O) groups excluding carboxylic acids is 1. The quantitative estimate of drug-likeness (QED) is 0.808. The van der Waals surface area contributed by atoms with Gasteiger partial charge in [0.05, 0.1) is 5.75 Å². The lowest BCUT2D eigenvalue weighted by molar-refractivity contribution is 0.0952. The Bertz CT molecular complexity index is 545. The Kier molecular flexibility index (Phi) is 5.08. The summed E-state index contributed by atoms with van der Waals surface area (Å²) in [5.74, 6) is 0.0880. The van der Waals surface area contributed by atoms with E-state index in [4.69, 9.17) is 0 Å². The Morgan fingerprint density at radius 1 is 1.30 bits per heavy atom. The Balaban J connectivity index is 1.73. The lowest BCUT2D eigenvalue weighted by atomic mass is 10.2. The number of carbonyl (C=O) groups is 1. The standard InChI is InChI=1S/C13H19N3O3S/c17-13(12-4-7-14-8-5-12)15-6-3-10-16-9-1-2-11-20(16,18)19/h4-5,7-8H,1-3,6,9-11H2,(H,15,17). The molecule has 0 radical (unpaired) electrons.